The molecular formula is C13H18O2S. The van der Waals surface area contributed by atoms with Gasteiger partial charge in [-0.25, -0.2) is 0 Å². The van der Waals surface area contributed by atoms with Gasteiger partial charge in [0.2, 0.25) is 0 Å². The number of rotatable bonds is 5. The maximum Gasteiger partial charge on any atom is 0.162 e. The third-order valence-electron chi connectivity index (χ3n) is 2.50. The van der Waals surface area contributed by atoms with Crippen LogP contribution < -0.4 is 0 Å². The second kappa shape index (κ2) is 6.06. The van der Waals surface area contributed by atoms with Crippen molar-refractivity contribution in [1.29, 1.82) is 0 Å². The molecule has 0 saturated carbocycles. The van der Waals surface area contributed by atoms with Crippen molar-refractivity contribution in [2.75, 3.05) is 0 Å². The summed E-state index contributed by atoms with van der Waals surface area (Å²) >= 11 is 1.62. The van der Waals surface area contributed by atoms with Gasteiger partial charge in [0.05, 0.1) is 6.10 Å². The fourth-order valence-electron chi connectivity index (χ4n) is 1.24. The van der Waals surface area contributed by atoms with Crippen molar-refractivity contribution >= 4 is 17.5 Å². The molecule has 0 saturated heterocycles. The van der Waals surface area contributed by atoms with E-state index in [-0.39, 0.29) is 17.1 Å². The Balaban J connectivity index is 2.68. The van der Waals surface area contributed by atoms with Gasteiger partial charge in [0.15, 0.2) is 5.78 Å². The molecule has 1 rings (SSSR count). The van der Waals surface area contributed by atoms with E-state index in [0.717, 1.165) is 10.5 Å². The molecule has 2 unspecified atom stereocenters. The third-order valence-corrected chi connectivity index (χ3v) is 3.81. The first-order valence-electron chi connectivity index (χ1n) is 5.52. The highest BCUT2D eigenvalue weighted by Crippen LogP contribution is 2.25. The Morgan fingerprint density at radius 2 is 1.88 bits per heavy atom. The van der Waals surface area contributed by atoms with E-state index in [9.17, 15) is 9.90 Å². The van der Waals surface area contributed by atoms with E-state index in [1.54, 1.807) is 18.7 Å². The van der Waals surface area contributed by atoms with Crippen molar-refractivity contribution < 1.29 is 9.90 Å². The van der Waals surface area contributed by atoms with Crippen molar-refractivity contribution in [3.8, 4) is 0 Å². The smallest absolute Gasteiger partial charge is 0.162 e. The zero-order valence-electron chi connectivity index (χ0n) is 9.93. The first-order valence-corrected chi connectivity index (χ1v) is 6.40. The van der Waals surface area contributed by atoms with Gasteiger partial charge in [-0.2, -0.15) is 0 Å². The summed E-state index contributed by atoms with van der Waals surface area (Å²) in [6.45, 7) is 5.63. The number of Topliss-reactive ketones (excluding diaryl/α,β-unsaturated/α-hetero) is 1. The number of aliphatic hydroxyl groups is 1. The lowest BCUT2D eigenvalue weighted by Crippen LogP contribution is -2.14. The summed E-state index contributed by atoms with van der Waals surface area (Å²) in [4.78, 5) is 12.5. The summed E-state index contributed by atoms with van der Waals surface area (Å²) in [6, 6.07) is 7.57. The van der Waals surface area contributed by atoms with Crippen molar-refractivity contribution in [2.24, 2.45) is 0 Å². The molecule has 0 bridgehead atoms. The molecule has 88 valence electrons. The largest absolute Gasteiger partial charge is 0.392 e. The molecule has 0 aliphatic carbocycles. The minimum Gasteiger partial charge on any atom is -0.392 e. The average molecular weight is 238 g/mol. The number of hydrogen-bond acceptors (Lipinski definition) is 3. The number of aliphatic hydroxyl groups excluding tert-OH is 1. The Kier molecular flexibility index (Phi) is 5.03. The van der Waals surface area contributed by atoms with Gasteiger partial charge in [-0.1, -0.05) is 26.0 Å². The van der Waals surface area contributed by atoms with Gasteiger partial charge in [-0.3, -0.25) is 4.79 Å². The molecule has 0 fully saturated rings. The molecule has 0 amide bonds. The van der Waals surface area contributed by atoms with E-state index in [2.05, 4.69) is 0 Å². The molecule has 2 nitrogen and oxygen atoms in total. The van der Waals surface area contributed by atoms with E-state index in [0.29, 0.717) is 6.42 Å². The summed E-state index contributed by atoms with van der Waals surface area (Å²) in [5.74, 6) is 0.167. The van der Waals surface area contributed by atoms with Crippen LogP contribution in [-0.2, 0) is 0 Å². The molecule has 0 heterocycles. The topological polar surface area (TPSA) is 37.3 Å². The predicted octanol–water partition coefficient (Wildman–Crippen LogP) is 3.14. The summed E-state index contributed by atoms with van der Waals surface area (Å²) in [6.07, 6.45) is 0.207. The minimum atomic E-state index is -0.332. The summed E-state index contributed by atoms with van der Waals surface area (Å²) in [7, 11) is 0. The standard InChI is InChI=1S/C13H18O2S/c1-4-13(15)11-5-7-12(8-6-11)16-10(3)9(2)14/h5-10,14H,4H2,1-3H3. The van der Waals surface area contributed by atoms with Crippen LogP contribution in [0, 0.1) is 0 Å². The lowest BCUT2D eigenvalue weighted by Gasteiger charge is -2.13. The van der Waals surface area contributed by atoms with Gasteiger partial charge in [0.25, 0.3) is 0 Å². The first-order chi connectivity index (χ1) is 7.54. The van der Waals surface area contributed by atoms with Gasteiger partial charge in [-0.05, 0) is 19.1 Å². The molecule has 0 aliphatic rings. The molecule has 0 spiro atoms. The lowest BCUT2D eigenvalue weighted by atomic mass is 10.1. The second-order valence-electron chi connectivity index (χ2n) is 3.86. The molecular weight excluding hydrogens is 220 g/mol. The Morgan fingerprint density at radius 1 is 1.31 bits per heavy atom. The predicted molar refractivity (Wildman–Crippen MR) is 68.1 cm³/mol. The number of benzene rings is 1. The van der Waals surface area contributed by atoms with Crippen molar-refractivity contribution in [2.45, 2.75) is 43.4 Å². The van der Waals surface area contributed by atoms with Crippen molar-refractivity contribution in [3.63, 3.8) is 0 Å². The van der Waals surface area contributed by atoms with Gasteiger partial charge < -0.3 is 5.11 Å². The maximum atomic E-state index is 11.4. The highest BCUT2D eigenvalue weighted by molar-refractivity contribution is 8.00. The zero-order valence-corrected chi connectivity index (χ0v) is 10.8. The molecule has 3 heteroatoms. The van der Waals surface area contributed by atoms with Crippen molar-refractivity contribution in [1.82, 2.24) is 0 Å². The molecule has 1 N–H and O–H groups in total. The van der Waals surface area contributed by atoms with Crippen LogP contribution in [0.3, 0.4) is 0 Å². The molecule has 0 aromatic heterocycles. The number of hydrogen-bond donors (Lipinski definition) is 1. The van der Waals surface area contributed by atoms with E-state index in [4.69, 9.17) is 0 Å². The number of thioether (sulfide) groups is 1. The van der Waals surface area contributed by atoms with E-state index < -0.39 is 0 Å². The van der Waals surface area contributed by atoms with Crippen LogP contribution in [0.4, 0.5) is 0 Å². The van der Waals surface area contributed by atoms with Crippen molar-refractivity contribution in [3.05, 3.63) is 29.8 Å². The van der Waals surface area contributed by atoms with Crippen LogP contribution in [0.5, 0.6) is 0 Å². The fraction of sp³-hybridized carbons (Fsp3) is 0.462. The zero-order chi connectivity index (χ0) is 12.1. The Hall–Kier alpha value is -0.800. The van der Waals surface area contributed by atoms with Crippen LogP contribution >= 0.6 is 11.8 Å². The van der Waals surface area contributed by atoms with Crippen LogP contribution in [0.15, 0.2) is 29.2 Å². The lowest BCUT2D eigenvalue weighted by molar-refractivity contribution is 0.0988. The number of carbonyl (C=O) groups is 1. The fourth-order valence-corrected chi connectivity index (χ4v) is 2.16. The van der Waals surface area contributed by atoms with E-state index >= 15 is 0 Å². The van der Waals surface area contributed by atoms with Gasteiger partial charge in [0.1, 0.15) is 0 Å². The highest BCUT2D eigenvalue weighted by atomic mass is 32.2. The van der Waals surface area contributed by atoms with Crippen LogP contribution in [0.1, 0.15) is 37.6 Å². The quantitative estimate of drug-likeness (QED) is 0.632. The van der Waals surface area contributed by atoms with Crippen LogP contribution in [0.25, 0.3) is 0 Å². The molecule has 1 aromatic rings. The van der Waals surface area contributed by atoms with Gasteiger partial charge >= 0.3 is 0 Å². The van der Waals surface area contributed by atoms with Crippen LogP contribution in [-0.4, -0.2) is 22.2 Å². The maximum absolute atomic E-state index is 11.4. The Morgan fingerprint density at radius 3 is 2.31 bits per heavy atom. The Bertz CT molecular complexity index is 343. The van der Waals surface area contributed by atoms with Crippen LogP contribution in [0.2, 0.25) is 0 Å². The summed E-state index contributed by atoms with van der Waals surface area (Å²) < 4.78 is 0. The molecule has 16 heavy (non-hydrogen) atoms. The third kappa shape index (κ3) is 3.65. The monoisotopic (exact) mass is 238 g/mol. The van der Waals surface area contributed by atoms with E-state index in [1.807, 2.05) is 38.1 Å². The second-order valence-corrected chi connectivity index (χ2v) is 5.32. The highest BCUT2D eigenvalue weighted by Gasteiger charge is 2.10. The molecule has 0 radical (unpaired) electrons. The normalized spacial score (nSPS) is 14.5. The molecule has 2 atom stereocenters. The average Bonchev–Trinajstić information content (AvgIpc) is 2.28. The minimum absolute atomic E-state index is 0.160. The number of ketones is 1. The summed E-state index contributed by atoms with van der Waals surface area (Å²) in [5.41, 5.74) is 0.761. The van der Waals surface area contributed by atoms with Gasteiger partial charge in [0, 0.05) is 22.1 Å². The molecule has 1 aromatic carbocycles. The number of carbonyl (C=O) groups excluding carboxylic acids is 1. The Labute approximate surface area is 101 Å². The molecule has 0 aliphatic heterocycles. The first kappa shape index (κ1) is 13.3. The SMILES string of the molecule is CCC(=O)c1ccc(SC(C)C(C)O)cc1. The van der Waals surface area contributed by atoms with Gasteiger partial charge in [-0.15, -0.1) is 11.8 Å². The summed E-state index contributed by atoms with van der Waals surface area (Å²) in [5, 5.41) is 9.55. The van der Waals surface area contributed by atoms with E-state index in [1.165, 1.54) is 0 Å².